The highest BCUT2D eigenvalue weighted by Gasteiger charge is 2.48. The topological polar surface area (TPSA) is 76.7 Å². The quantitative estimate of drug-likeness (QED) is 0.648. The van der Waals surface area contributed by atoms with Crippen LogP contribution in [0.3, 0.4) is 0 Å². The maximum absolute atomic E-state index is 12.5. The summed E-state index contributed by atoms with van der Waals surface area (Å²) >= 11 is 0. The molecule has 4 atom stereocenters. The molecule has 1 saturated carbocycles. The summed E-state index contributed by atoms with van der Waals surface area (Å²) in [5.41, 5.74) is 0.346. The predicted molar refractivity (Wildman–Crippen MR) is 89.0 cm³/mol. The Morgan fingerprint density at radius 2 is 1.83 bits per heavy atom. The minimum atomic E-state index is -0.460. The summed E-state index contributed by atoms with van der Waals surface area (Å²) in [6, 6.07) is 8.43. The van der Waals surface area contributed by atoms with Crippen LogP contribution >= 0.6 is 0 Å². The third-order valence-corrected chi connectivity index (χ3v) is 5.89. The molecule has 2 aliphatic heterocycles. The molecule has 1 aromatic carbocycles. The van der Waals surface area contributed by atoms with E-state index in [0.717, 1.165) is 18.9 Å². The molecule has 24 heavy (non-hydrogen) atoms. The average molecular weight is 330 g/mol. The smallest absolute Gasteiger partial charge is 0.270 e. The first-order valence-corrected chi connectivity index (χ1v) is 9.03. The average Bonchev–Trinajstić information content (AvgIpc) is 3.39. The molecule has 1 aliphatic carbocycles. The Kier molecular flexibility index (Phi) is 4.00. The number of rotatable bonds is 4. The number of hydrogen-bond donors (Lipinski definition) is 2. The van der Waals surface area contributed by atoms with Crippen molar-refractivity contribution in [2.45, 2.75) is 69.1 Å². The lowest BCUT2D eigenvalue weighted by Crippen LogP contribution is -3.22. The molecule has 1 aromatic rings. The summed E-state index contributed by atoms with van der Waals surface area (Å²) in [4.78, 5) is 24.7. The van der Waals surface area contributed by atoms with Crippen LogP contribution in [0.1, 0.15) is 55.3 Å². The monoisotopic (exact) mass is 330 g/mol. The SMILES string of the molecule is O=C(NC1C[C@H]2CCC[C@@H](C1)[NH+]2C1CC1)c1cccc([N+](=O)[O-])c1. The Bertz CT molecular complexity index is 645. The molecule has 2 unspecified atom stereocenters. The van der Waals surface area contributed by atoms with Crippen molar-refractivity contribution in [1.29, 1.82) is 0 Å². The summed E-state index contributed by atoms with van der Waals surface area (Å²) in [5, 5.41) is 14.0. The molecule has 4 rings (SSSR count). The number of carbonyl (C=O) groups is 1. The molecule has 2 bridgehead atoms. The lowest BCUT2D eigenvalue weighted by molar-refractivity contribution is -0.971. The van der Waals surface area contributed by atoms with Crippen LogP contribution in [0.5, 0.6) is 0 Å². The Labute approximate surface area is 141 Å². The van der Waals surface area contributed by atoms with Crippen molar-refractivity contribution in [3.63, 3.8) is 0 Å². The highest BCUT2D eigenvalue weighted by atomic mass is 16.6. The molecule has 3 aliphatic rings. The van der Waals surface area contributed by atoms with E-state index in [9.17, 15) is 14.9 Å². The lowest BCUT2D eigenvalue weighted by Gasteiger charge is -2.46. The summed E-state index contributed by atoms with van der Waals surface area (Å²) < 4.78 is 0. The van der Waals surface area contributed by atoms with Gasteiger partial charge in [-0.3, -0.25) is 14.9 Å². The number of nitro benzene ring substituents is 1. The number of benzene rings is 1. The van der Waals surface area contributed by atoms with Crippen molar-refractivity contribution >= 4 is 11.6 Å². The van der Waals surface area contributed by atoms with Crippen LogP contribution in [0.2, 0.25) is 0 Å². The molecule has 0 aromatic heterocycles. The van der Waals surface area contributed by atoms with Gasteiger partial charge in [-0.1, -0.05) is 6.07 Å². The number of amides is 1. The van der Waals surface area contributed by atoms with E-state index in [1.165, 1.54) is 44.2 Å². The second kappa shape index (κ2) is 6.16. The van der Waals surface area contributed by atoms with E-state index in [0.29, 0.717) is 17.6 Å². The van der Waals surface area contributed by atoms with Gasteiger partial charge in [0.1, 0.15) is 0 Å². The second-order valence-electron chi connectivity index (χ2n) is 7.55. The molecule has 1 amide bonds. The van der Waals surface area contributed by atoms with Gasteiger partial charge in [-0.25, -0.2) is 0 Å². The van der Waals surface area contributed by atoms with Crippen LogP contribution in [-0.2, 0) is 0 Å². The number of nitrogens with zero attached hydrogens (tertiary/aromatic N) is 1. The van der Waals surface area contributed by atoms with Crippen molar-refractivity contribution in [2.24, 2.45) is 0 Å². The largest absolute Gasteiger partial charge is 0.349 e. The van der Waals surface area contributed by atoms with E-state index in [2.05, 4.69) is 5.32 Å². The van der Waals surface area contributed by atoms with E-state index >= 15 is 0 Å². The highest BCUT2D eigenvalue weighted by molar-refractivity contribution is 5.95. The Morgan fingerprint density at radius 1 is 1.12 bits per heavy atom. The zero-order chi connectivity index (χ0) is 16.7. The fourth-order valence-corrected chi connectivity index (χ4v) is 4.80. The van der Waals surface area contributed by atoms with Crippen molar-refractivity contribution in [3.8, 4) is 0 Å². The van der Waals surface area contributed by atoms with E-state index < -0.39 is 4.92 Å². The maximum atomic E-state index is 12.5. The fraction of sp³-hybridized carbons (Fsp3) is 0.611. The van der Waals surface area contributed by atoms with Gasteiger partial charge in [0.25, 0.3) is 11.6 Å². The Hall–Kier alpha value is -1.95. The second-order valence-corrected chi connectivity index (χ2v) is 7.55. The van der Waals surface area contributed by atoms with Gasteiger partial charge in [-0.05, 0) is 25.3 Å². The van der Waals surface area contributed by atoms with E-state index in [1.54, 1.807) is 12.1 Å². The van der Waals surface area contributed by atoms with E-state index in [-0.39, 0.29) is 17.6 Å². The van der Waals surface area contributed by atoms with Crippen LogP contribution in [-0.4, -0.2) is 35.0 Å². The van der Waals surface area contributed by atoms with Gasteiger partial charge in [-0.15, -0.1) is 0 Å². The number of carbonyl (C=O) groups excluding carboxylic acids is 1. The standard InChI is InChI=1S/C18H23N3O3/c22-18(12-3-1-6-17(9-12)21(23)24)19-13-10-15-4-2-5-16(11-13)20(15)14-7-8-14/h1,3,6,9,13-16H,2,4-5,7-8,10-11H2,(H,19,22)/p+1/t13?,15-,16+. The lowest BCUT2D eigenvalue weighted by atomic mass is 9.81. The number of nitro groups is 1. The minimum absolute atomic E-state index is 0.0347. The van der Waals surface area contributed by atoms with Crippen LogP contribution in [0.15, 0.2) is 24.3 Å². The van der Waals surface area contributed by atoms with Gasteiger partial charge >= 0.3 is 0 Å². The van der Waals surface area contributed by atoms with Crippen molar-refractivity contribution in [3.05, 3.63) is 39.9 Å². The van der Waals surface area contributed by atoms with Gasteiger partial charge in [0.15, 0.2) is 0 Å². The molecule has 0 radical (unpaired) electrons. The van der Waals surface area contributed by atoms with Crippen LogP contribution < -0.4 is 10.2 Å². The number of fused-ring (bicyclic) bond motifs is 2. The first-order chi connectivity index (χ1) is 11.6. The highest BCUT2D eigenvalue weighted by Crippen LogP contribution is 2.27. The van der Waals surface area contributed by atoms with Crippen molar-refractivity contribution in [2.75, 3.05) is 0 Å². The first kappa shape index (κ1) is 15.6. The predicted octanol–water partition coefficient (Wildman–Crippen LogP) is 1.46. The molecular formula is C18H24N3O3+. The molecule has 2 saturated heterocycles. The molecule has 6 nitrogen and oxygen atoms in total. The third-order valence-electron chi connectivity index (χ3n) is 5.89. The van der Waals surface area contributed by atoms with Gasteiger partial charge in [0.05, 0.1) is 23.0 Å². The zero-order valence-corrected chi connectivity index (χ0v) is 13.7. The molecule has 6 heteroatoms. The molecule has 2 N–H and O–H groups in total. The van der Waals surface area contributed by atoms with Crippen LogP contribution in [0.25, 0.3) is 0 Å². The zero-order valence-electron chi connectivity index (χ0n) is 13.7. The summed E-state index contributed by atoms with van der Waals surface area (Å²) in [7, 11) is 0. The number of piperidine rings is 2. The first-order valence-electron chi connectivity index (χ1n) is 9.03. The number of quaternary nitrogens is 1. The summed E-state index contributed by atoms with van der Waals surface area (Å²) in [6.45, 7) is 0. The molecule has 3 fully saturated rings. The number of hydrogen-bond acceptors (Lipinski definition) is 3. The van der Waals surface area contributed by atoms with Crippen LogP contribution in [0, 0.1) is 10.1 Å². The molecule has 0 spiro atoms. The summed E-state index contributed by atoms with van der Waals surface area (Å²) in [5.74, 6) is -0.184. The minimum Gasteiger partial charge on any atom is -0.349 e. The number of nitrogens with one attached hydrogen (secondary N) is 2. The maximum Gasteiger partial charge on any atom is 0.270 e. The Morgan fingerprint density at radius 3 is 2.46 bits per heavy atom. The fourth-order valence-electron chi connectivity index (χ4n) is 4.80. The van der Waals surface area contributed by atoms with Gasteiger partial charge in [0, 0.05) is 49.4 Å². The van der Waals surface area contributed by atoms with E-state index in [1.807, 2.05) is 4.90 Å². The van der Waals surface area contributed by atoms with Gasteiger partial charge in [-0.2, -0.15) is 0 Å². The van der Waals surface area contributed by atoms with Gasteiger partial charge in [0.2, 0.25) is 0 Å². The van der Waals surface area contributed by atoms with Gasteiger partial charge < -0.3 is 10.2 Å². The molecule has 128 valence electrons. The van der Waals surface area contributed by atoms with Crippen molar-refractivity contribution < 1.29 is 14.6 Å². The molecule has 2 heterocycles. The third kappa shape index (κ3) is 3.02. The normalized spacial score (nSPS) is 32.2. The number of non-ortho nitro benzene ring substituents is 1. The van der Waals surface area contributed by atoms with Crippen molar-refractivity contribution in [1.82, 2.24) is 5.32 Å². The molecular weight excluding hydrogens is 306 g/mol. The van der Waals surface area contributed by atoms with Crippen LogP contribution in [0.4, 0.5) is 5.69 Å². The Balaban J connectivity index is 1.43. The van der Waals surface area contributed by atoms with E-state index in [4.69, 9.17) is 0 Å². The summed E-state index contributed by atoms with van der Waals surface area (Å²) in [6.07, 6.45) is 8.68.